The Morgan fingerprint density at radius 1 is 1.40 bits per heavy atom. The van der Waals surface area contributed by atoms with Crippen LogP contribution in [-0.4, -0.2) is 18.1 Å². The Balaban J connectivity index is 1.86. The summed E-state index contributed by atoms with van der Waals surface area (Å²) in [4.78, 5) is 4.22. The van der Waals surface area contributed by atoms with E-state index in [4.69, 9.17) is 32.4 Å². The highest BCUT2D eigenvalue weighted by Gasteiger charge is 2.31. The van der Waals surface area contributed by atoms with Crippen molar-refractivity contribution in [3.05, 3.63) is 46.6 Å². The maximum Gasteiger partial charge on any atom is 0.235 e. The van der Waals surface area contributed by atoms with Gasteiger partial charge in [-0.15, -0.1) is 0 Å². The number of rotatable bonds is 4. The van der Waals surface area contributed by atoms with Crippen LogP contribution < -0.4 is 10.1 Å². The van der Waals surface area contributed by atoms with Crippen molar-refractivity contribution in [3.8, 4) is 5.75 Å². The number of hydrogen-bond donors (Lipinski definition) is 1. The first kappa shape index (κ1) is 13.7. The van der Waals surface area contributed by atoms with Crippen LogP contribution >= 0.6 is 23.2 Å². The number of oxazole rings is 1. The fourth-order valence-electron chi connectivity index (χ4n) is 2.37. The summed E-state index contributed by atoms with van der Waals surface area (Å²) >= 11 is 12.1. The molecule has 2 atom stereocenters. The molecule has 6 heteroatoms. The second kappa shape index (κ2) is 6.04. The van der Waals surface area contributed by atoms with Crippen molar-refractivity contribution in [2.45, 2.75) is 12.5 Å². The second-order valence-corrected chi connectivity index (χ2v) is 5.58. The van der Waals surface area contributed by atoms with E-state index in [1.54, 1.807) is 30.7 Å². The lowest BCUT2D eigenvalue weighted by Gasteiger charge is -2.22. The molecule has 2 heterocycles. The number of hydrogen-bond acceptors (Lipinski definition) is 4. The molecule has 1 N–H and O–H groups in total. The van der Waals surface area contributed by atoms with Crippen molar-refractivity contribution < 1.29 is 9.15 Å². The Hall–Kier alpha value is -1.23. The molecule has 20 heavy (non-hydrogen) atoms. The van der Waals surface area contributed by atoms with E-state index in [1.807, 2.05) is 0 Å². The first-order valence-electron chi connectivity index (χ1n) is 6.46. The largest absolute Gasteiger partial charge is 0.479 e. The summed E-state index contributed by atoms with van der Waals surface area (Å²) in [6.07, 6.45) is 3.94. The Bertz CT molecular complexity index is 569. The van der Waals surface area contributed by atoms with Gasteiger partial charge in [-0.05, 0) is 31.2 Å². The summed E-state index contributed by atoms with van der Waals surface area (Å²) in [6.45, 7) is 1.85. The van der Waals surface area contributed by atoms with Gasteiger partial charge in [0.15, 0.2) is 6.10 Å². The Kier molecular flexibility index (Phi) is 4.15. The van der Waals surface area contributed by atoms with Crippen LogP contribution in [0.5, 0.6) is 5.75 Å². The molecule has 0 spiro atoms. The van der Waals surface area contributed by atoms with Gasteiger partial charge in [-0.2, -0.15) is 0 Å². The molecule has 1 aromatic carbocycles. The second-order valence-electron chi connectivity index (χ2n) is 4.74. The molecule has 0 amide bonds. The van der Waals surface area contributed by atoms with Crippen molar-refractivity contribution >= 4 is 23.2 Å². The van der Waals surface area contributed by atoms with Crippen molar-refractivity contribution in [1.82, 2.24) is 10.3 Å². The molecule has 1 aliphatic rings. The van der Waals surface area contributed by atoms with E-state index in [9.17, 15) is 0 Å². The summed E-state index contributed by atoms with van der Waals surface area (Å²) in [7, 11) is 0. The summed E-state index contributed by atoms with van der Waals surface area (Å²) in [5.74, 6) is 1.47. The molecule has 0 radical (unpaired) electrons. The molecular formula is C14H14Cl2N2O2. The predicted molar refractivity (Wildman–Crippen MR) is 77.3 cm³/mol. The van der Waals surface area contributed by atoms with Crippen molar-refractivity contribution in [2.24, 2.45) is 5.92 Å². The highest BCUT2D eigenvalue weighted by atomic mass is 35.5. The summed E-state index contributed by atoms with van der Waals surface area (Å²) in [5, 5.41) is 4.39. The molecule has 1 aliphatic heterocycles. The molecule has 3 rings (SSSR count). The minimum absolute atomic E-state index is 0.251. The van der Waals surface area contributed by atoms with Gasteiger partial charge >= 0.3 is 0 Å². The van der Waals surface area contributed by atoms with Gasteiger partial charge in [0.1, 0.15) is 12.0 Å². The predicted octanol–water partition coefficient (Wildman–Crippen LogP) is 3.71. The van der Waals surface area contributed by atoms with E-state index >= 15 is 0 Å². The van der Waals surface area contributed by atoms with Crippen LogP contribution in [0.3, 0.4) is 0 Å². The minimum Gasteiger partial charge on any atom is -0.479 e. The van der Waals surface area contributed by atoms with Gasteiger partial charge in [0.2, 0.25) is 5.89 Å². The highest BCUT2D eigenvalue weighted by molar-refractivity contribution is 6.35. The van der Waals surface area contributed by atoms with Crippen LogP contribution in [0.15, 0.2) is 35.1 Å². The highest BCUT2D eigenvalue weighted by Crippen LogP contribution is 2.35. The van der Waals surface area contributed by atoms with Crippen LogP contribution in [0, 0.1) is 5.92 Å². The van der Waals surface area contributed by atoms with Crippen LogP contribution in [-0.2, 0) is 0 Å². The lowest BCUT2D eigenvalue weighted by molar-refractivity contribution is 0.114. The molecule has 1 saturated heterocycles. The number of nitrogens with zero attached hydrogens (tertiary/aromatic N) is 1. The van der Waals surface area contributed by atoms with E-state index in [-0.39, 0.29) is 6.10 Å². The average molecular weight is 313 g/mol. The molecule has 4 nitrogen and oxygen atoms in total. The third kappa shape index (κ3) is 2.92. The first-order chi connectivity index (χ1) is 9.74. The van der Waals surface area contributed by atoms with Crippen LogP contribution in [0.1, 0.15) is 18.4 Å². The SMILES string of the molecule is Clc1ccc(OC(c2ncco2)C2CCNC2)c(Cl)c1. The topological polar surface area (TPSA) is 47.3 Å². The third-order valence-corrected chi connectivity index (χ3v) is 3.90. The molecule has 106 valence electrons. The molecule has 1 fully saturated rings. The molecule has 1 aromatic heterocycles. The van der Waals surface area contributed by atoms with Gasteiger partial charge in [0, 0.05) is 17.5 Å². The third-order valence-electron chi connectivity index (χ3n) is 3.37. The summed E-state index contributed by atoms with van der Waals surface area (Å²) < 4.78 is 11.5. The normalized spacial score (nSPS) is 20.0. The minimum atomic E-state index is -0.251. The lowest BCUT2D eigenvalue weighted by atomic mass is 10.0. The zero-order chi connectivity index (χ0) is 13.9. The quantitative estimate of drug-likeness (QED) is 0.935. The van der Waals surface area contributed by atoms with Gasteiger partial charge in [-0.1, -0.05) is 23.2 Å². The fraction of sp³-hybridized carbons (Fsp3) is 0.357. The zero-order valence-electron chi connectivity index (χ0n) is 10.7. The van der Waals surface area contributed by atoms with Crippen LogP contribution in [0.2, 0.25) is 10.0 Å². The molecule has 2 aromatic rings. The number of benzene rings is 1. The Labute approximate surface area is 127 Å². The fourth-order valence-corrected chi connectivity index (χ4v) is 2.82. The van der Waals surface area contributed by atoms with Crippen molar-refractivity contribution in [3.63, 3.8) is 0 Å². The van der Waals surface area contributed by atoms with Gasteiger partial charge in [0.05, 0.1) is 11.2 Å². The van der Waals surface area contributed by atoms with Crippen LogP contribution in [0.4, 0.5) is 0 Å². The Morgan fingerprint density at radius 3 is 2.95 bits per heavy atom. The Morgan fingerprint density at radius 2 is 2.30 bits per heavy atom. The molecule has 0 aliphatic carbocycles. The van der Waals surface area contributed by atoms with Gasteiger partial charge in [0.25, 0.3) is 0 Å². The number of aromatic nitrogens is 1. The number of ether oxygens (including phenoxy) is 1. The summed E-state index contributed by atoms with van der Waals surface area (Å²) in [6, 6.07) is 5.18. The average Bonchev–Trinajstić information content (AvgIpc) is 3.11. The molecule has 0 saturated carbocycles. The van der Waals surface area contributed by atoms with Crippen molar-refractivity contribution in [1.29, 1.82) is 0 Å². The van der Waals surface area contributed by atoms with Crippen molar-refractivity contribution in [2.75, 3.05) is 13.1 Å². The number of nitrogens with one attached hydrogen (secondary N) is 1. The summed E-state index contributed by atoms with van der Waals surface area (Å²) in [5.41, 5.74) is 0. The van der Waals surface area contributed by atoms with Gasteiger partial charge < -0.3 is 14.5 Å². The van der Waals surface area contributed by atoms with E-state index < -0.39 is 0 Å². The smallest absolute Gasteiger partial charge is 0.235 e. The monoisotopic (exact) mass is 312 g/mol. The zero-order valence-corrected chi connectivity index (χ0v) is 12.2. The standard InChI is InChI=1S/C14H14Cl2N2O2/c15-10-1-2-12(11(16)7-10)20-13(9-3-4-17-8-9)14-18-5-6-19-14/h1-2,5-7,9,13,17H,3-4,8H2. The van der Waals surface area contributed by atoms with E-state index in [2.05, 4.69) is 10.3 Å². The molecule has 0 bridgehead atoms. The van der Waals surface area contributed by atoms with Crippen LogP contribution in [0.25, 0.3) is 0 Å². The lowest BCUT2D eigenvalue weighted by Crippen LogP contribution is -2.21. The van der Waals surface area contributed by atoms with E-state index in [0.29, 0.717) is 27.6 Å². The number of halogens is 2. The van der Waals surface area contributed by atoms with E-state index in [0.717, 1.165) is 19.5 Å². The maximum absolute atomic E-state index is 6.17. The van der Waals surface area contributed by atoms with E-state index in [1.165, 1.54) is 0 Å². The molecule has 2 unspecified atom stereocenters. The first-order valence-corrected chi connectivity index (χ1v) is 7.21. The maximum atomic E-state index is 6.17. The van der Waals surface area contributed by atoms with Gasteiger partial charge in [-0.3, -0.25) is 0 Å². The van der Waals surface area contributed by atoms with Gasteiger partial charge in [-0.25, -0.2) is 4.98 Å². The molecular weight excluding hydrogens is 299 g/mol.